The van der Waals surface area contributed by atoms with Crippen molar-refractivity contribution in [1.82, 2.24) is 24.8 Å². The number of nitrogens with zero attached hydrogens (tertiary/aromatic N) is 5. The van der Waals surface area contributed by atoms with Crippen molar-refractivity contribution < 1.29 is 14.7 Å². The minimum atomic E-state index is -1.18. The Balaban J connectivity index is 2.07. The van der Waals surface area contributed by atoms with Gasteiger partial charge in [0.05, 0.1) is 29.1 Å². The first-order valence-corrected chi connectivity index (χ1v) is 9.02. The number of amides is 2. The zero-order chi connectivity index (χ0) is 22.0. The normalized spacial score (nSPS) is 11.5. The molecular weight excluding hydrogens is 386 g/mol. The van der Waals surface area contributed by atoms with E-state index >= 15 is 0 Å². The van der Waals surface area contributed by atoms with E-state index in [0.717, 1.165) is 4.90 Å². The van der Waals surface area contributed by atoms with E-state index in [-0.39, 0.29) is 23.6 Å². The monoisotopic (exact) mass is 407 g/mol. The fraction of sp³-hybridized carbons (Fsp3) is 0.250. The molecule has 154 valence electrons. The Morgan fingerprint density at radius 2 is 2.03 bits per heavy atom. The molecule has 0 saturated carbocycles. The predicted octanol–water partition coefficient (Wildman–Crippen LogP) is 1.66. The van der Waals surface area contributed by atoms with Gasteiger partial charge in [0.15, 0.2) is 5.82 Å². The molecule has 1 atom stereocenters. The van der Waals surface area contributed by atoms with Crippen molar-refractivity contribution in [3.63, 3.8) is 0 Å². The molecular formula is C20H21N7O3. The van der Waals surface area contributed by atoms with Gasteiger partial charge in [-0.15, -0.1) is 0 Å². The van der Waals surface area contributed by atoms with Crippen LogP contribution in [0, 0.1) is 11.8 Å². The first kappa shape index (κ1) is 20.6. The Kier molecular flexibility index (Phi) is 5.55. The van der Waals surface area contributed by atoms with Crippen molar-refractivity contribution in [3.05, 3.63) is 41.5 Å². The Morgan fingerprint density at radius 1 is 1.30 bits per heavy atom. The van der Waals surface area contributed by atoms with Crippen molar-refractivity contribution in [2.75, 3.05) is 17.7 Å². The number of rotatable bonds is 3. The number of aromatic nitrogens is 4. The summed E-state index contributed by atoms with van der Waals surface area (Å²) < 4.78 is 1.71. The highest BCUT2D eigenvalue weighted by Gasteiger charge is 2.21. The van der Waals surface area contributed by atoms with Crippen LogP contribution >= 0.6 is 0 Å². The molecule has 10 heteroatoms. The van der Waals surface area contributed by atoms with Crippen LogP contribution in [0.2, 0.25) is 0 Å². The van der Waals surface area contributed by atoms with Crippen molar-refractivity contribution >= 4 is 34.7 Å². The summed E-state index contributed by atoms with van der Waals surface area (Å²) in [5.41, 5.74) is 8.65. The molecule has 4 N–H and O–H groups in total. The number of carboxylic acid groups (broad SMARTS) is 1. The molecule has 0 spiro atoms. The molecule has 0 saturated heterocycles. The van der Waals surface area contributed by atoms with Crippen LogP contribution in [-0.4, -0.2) is 43.7 Å². The smallest absolute Gasteiger partial charge is 0.412 e. The van der Waals surface area contributed by atoms with Crippen LogP contribution in [0.15, 0.2) is 24.5 Å². The van der Waals surface area contributed by atoms with E-state index in [2.05, 4.69) is 32.1 Å². The number of nitrogens with two attached hydrogens (primary N) is 1. The lowest BCUT2D eigenvalue weighted by Crippen LogP contribution is -2.25. The highest BCUT2D eigenvalue weighted by atomic mass is 16.4. The van der Waals surface area contributed by atoms with Gasteiger partial charge < -0.3 is 20.7 Å². The van der Waals surface area contributed by atoms with Crippen LogP contribution in [0.4, 0.5) is 16.4 Å². The predicted molar refractivity (Wildman–Crippen MR) is 112 cm³/mol. The summed E-state index contributed by atoms with van der Waals surface area (Å²) in [7, 11) is 3.13. The maximum atomic E-state index is 11.4. The van der Waals surface area contributed by atoms with Gasteiger partial charge in [-0.05, 0) is 25.0 Å². The molecule has 0 fully saturated rings. The molecule has 0 aromatic carbocycles. The van der Waals surface area contributed by atoms with Gasteiger partial charge in [0.1, 0.15) is 17.0 Å². The van der Waals surface area contributed by atoms with Crippen LogP contribution in [-0.2, 0) is 11.8 Å². The van der Waals surface area contributed by atoms with Gasteiger partial charge in [-0.2, -0.15) is 0 Å². The van der Waals surface area contributed by atoms with Gasteiger partial charge in [0.25, 0.3) is 0 Å². The second kappa shape index (κ2) is 8.08. The standard InChI is InChI=1S/C20H21N7O3/c1-11(23-12(2)28)15-7-5-6-13(24-15)8-9-14-17-16(22-10-26(17)3)19(25-18(14)21)27(4)20(29)30/h5-7,10-11H,1-4H3,(H2,21,25)(H,23,28)(H,29,30). The summed E-state index contributed by atoms with van der Waals surface area (Å²) >= 11 is 0. The topological polar surface area (TPSA) is 139 Å². The van der Waals surface area contributed by atoms with Gasteiger partial charge in [0.2, 0.25) is 5.91 Å². The van der Waals surface area contributed by atoms with E-state index in [1.54, 1.807) is 36.1 Å². The van der Waals surface area contributed by atoms with Gasteiger partial charge in [0, 0.05) is 21.0 Å². The van der Waals surface area contributed by atoms with E-state index in [0.29, 0.717) is 28.0 Å². The van der Waals surface area contributed by atoms with Crippen LogP contribution in [0.25, 0.3) is 11.0 Å². The van der Waals surface area contributed by atoms with Crippen molar-refractivity contribution in [2.45, 2.75) is 19.9 Å². The first-order chi connectivity index (χ1) is 14.2. The summed E-state index contributed by atoms with van der Waals surface area (Å²) in [5.74, 6) is 6.02. The Labute approximate surface area is 172 Å². The number of hydrogen-bond acceptors (Lipinski definition) is 6. The maximum Gasteiger partial charge on any atom is 0.412 e. The average molecular weight is 407 g/mol. The molecule has 0 aliphatic rings. The van der Waals surface area contributed by atoms with Crippen LogP contribution in [0.5, 0.6) is 0 Å². The Hall–Kier alpha value is -4.13. The van der Waals surface area contributed by atoms with Crippen molar-refractivity contribution in [3.8, 4) is 11.8 Å². The molecule has 0 radical (unpaired) electrons. The summed E-state index contributed by atoms with van der Waals surface area (Å²) in [5, 5.41) is 12.1. The van der Waals surface area contributed by atoms with E-state index in [9.17, 15) is 14.7 Å². The average Bonchev–Trinajstić information content (AvgIpc) is 3.07. The van der Waals surface area contributed by atoms with Crippen molar-refractivity contribution in [2.24, 2.45) is 7.05 Å². The number of pyridine rings is 2. The number of carbonyl (C=O) groups excluding carboxylic acids is 1. The molecule has 30 heavy (non-hydrogen) atoms. The lowest BCUT2D eigenvalue weighted by atomic mass is 10.1. The van der Waals surface area contributed by atoms with Gasteiger partial charge in [-0.25, -0.2) is 19.7 Å². The summed E-state index contributed by atoms with van der Waals surface area (Å²) in [4.78, 5) is 36.5. The molecule has 3 rings (SSSR count). The lowest BCUT2D eigenvalue weighted by molar-refractivity contribution is -0.119. The van der Waals surface area contributed by atoms with E-state index in [4.69, 9.17) is 5.73 Å². The molecule has 1 unspecified atom stereocenters. The number of hydrogen-bond donors (Lipinski definition) is 3. The third kappa shape index (κ3) is 4.00. The van der Waals surface area contributed by atoms with Gasteiger partial charge in [-0.1, -0.05) is 12.0 Å². The van der Waals surface area contributed by atoms with Crippen LogP contribution in [0.3, 0.4) is 0 Å². The molecule has 0 aliphatic carbocycles. The second-order valence-corrected chi connectivity index (χ2v) is 6.71. The summed E-state index contributed by atoms with van der Waals surface area (Å²) in [6.07, 6.45) is 0.367. The molecule has 0 aliphatic heterocycles. The quantitative estimate of drug-likeness (QED) is 0.561. The summed E-state index contributed by atoms with van der Waals surface area (Å²) in [6.45, 7) is 3.28. The third-order valence-corrected chi connectivity index (χ3v) is 4.42. The van der Waals surface area contributed by atoms with Gasteiger partial charge in [-0.3, -0.25) is 9.69 Å². The number of nitrogen functional groups attached to an aromatic ring is 1. The minimum Gasteiger partial charge on any atom is -0.465 e. The SMILES string of the molecule is CC(=O)NC(C)c1cccc(C#Cc2c(N)nc(N(C)C(=O)O)c3ncn(C)c23)n1. The first-order valence-electron chi connectivity index (χ1n) is 9.02. The van der Waals surface area contributed by atoms with Crippen LogP contribution < -0.4 is 16.0 Å². The number of aryl methyl sites for hydroxylation is 1. The number of anilines is 2. The number of carbonyl (C=O) groups is 2. The van der Waals surface area contributed by atoms with E-state index < -0.39 is 6.09 Å². The van der Waals surface area contributed by atoms with E-state index in [1.165, 1.54) is 14.0 Å². The Bertz CT molecular complexity index is 1210. The molecule has 3 aromatic heterocycles. The fourth-order valence-electron chi connectivity index (χ4n) is 2.95. The second-order valence-electron chi connectivity index (χ2n) is 6.71. The largest absolute Gasteiger partial charge is 0.465 e. The van der Waals surface area contributed by atoms with Gasteiger partial charge >= 0.3 is 6.09 Å². The molecule has 0 bridgehead atoms. The van der Waals surface area contributed by atoms with Crippen LogP contribution in [0.1, 0.15) is 36.8 Å². The molecule has 2 amide bonds. The zero-order valence-electron chi connectivity index (χ0n) is 17.0. The number of fused-ring (bicyclic) bond motifs is 1. The fourth-order valence-corrected chi connectivity index (χ4v) is 2.95. The van der Waals surface area contributed by atoms with Crippen molar-refractivity contribution in [1.29, 1.82) is 0 Å². The Morgan fingerprint density at radius 3 is 2.70 bits per heavy atom. The lowest BCUT2D eigenvalue weighted by Gasteiger charge is -2.14. The summed E-state index contributed by atoms with van der Waals surface area (Å²) in [6, 6.07) is 5.09. The molecule has 3 aromatic rings. The number of nitrogens with one attached hydrogen (secondary N) is 1. The molecule has 3 heterocycles. The number of imidazole rings is 1. The minimum absolute atomic E-state index is 0.0875. The van der Waals surface area contributed by atoms with E-state index in [1.807, 2.05) is 6.92 Å². The highest BCUT2D eigenvalue weighted by molar-refractivity contribution is 5.99. The third-order valence-electron chi connectivity index (χ3n) is 4.42. The zero-order valence-corrected chi connectivity index (χ0v) is 17.0. The molecule has 10 nitrogen and oxygen atoms in total. The highest BCUT2D eigenvalue weighted by Crippen LogP contribution is 2.29. The maximum absolute atomic E-state index is 11.4.